The Bertz CT molecular complexity index is 388. The van der Waals surface area contributed by atoms with Crippen LogP contribution in [0.3, 0.4) is 0 Å². The minimum atomic E-state index is -0.416. The molecule has 0 aliphatic rings. The molecule has 0 aliphatic carbocycles. The van der Waals surface area contributed by atoms with E-state index in [0.29, 0.717) is 5.92 Å². The van der Waals surface area contributed by atoms with Gasteiger partial charge >= 0.3 is 0 Å². The lowest BCUT2D eigenvalue weighted by molar-refractivity contribution is -0.119. The van der Waals surface area contributed by atoms with Crippen LogP contribution in [-0.4, -0.2) is 19.0 Å². The summed E-state index contributed by atoms with van der Waals surface area (Å²) < 4.78 is 0. The van der Waals surface area contributed by atoms with E-state index < -0.39 is 6.04 Å². The van der Waals surface area contributed by atoms with Gasteiger partial charge in [-0.1, -0.05) is 26.0 Å². The van der Waals surface area contributed by atoms with Gasteiger partial charge in [0, 0.05) is 12.7 Å². The highest BCUT2D eigenvalue weighted by molar-refractivity contribution is 5.96. The zero-order valence-corrected chi connectivity index (χ0v) is 11.1. The Balaban J connectivity index is 2.76. The monoisotopic (exact) mass is 234 g/mol. The van der Waals surface area contributed by atoms with Crippen LogP contribution in [0.2, 0.25) is 0 Å². The molecule has 0 spiro atoms. The standard InChI is InChI=1S/C14H22N2O/c1-10(2)8-13(15)14(17)16(4)12-7-5-6-11(3)9-12/h5-7,9-10,13H,8,15H2,1-4H3/t13-/m0/s1. The molecular formula is C14H22N2O. The van der Waals surface area contributed by atoms with E-state index in [1.807, 2.05) is 31.2 Å². The fourth-order valence-corrected chi connectivity index (χ4v) is 1.82. The van der Waals surface area contributed by atoms with Gasteiger partial charge in [0.2, 0.25) is 5.91 Å². The third-order valence-corrected chi connectivity index (χ3v) is 2.76. The molecule has 3 nitrogen and oxygen atoms in total. The van der Waals surface area contributed by atoms with Gasteiger partial charge in [0.15, 0.2) is 0 Å². The molecule has 1 aromatic carbocycles. The van der Waals surface area contributed by atoms with E-state index in [9.17, 15) is 4.79 Å². The number of nitrogens with zero attached hydrogens (tertiary/aromatic N) is 1. The van der Waals surface area contributed by atoms with Crippen molar-refractivity contribution in [2.24, 2.45) is 11.7 Å². The first-order valence-electron chi connectivity index (χ1n) is 6.01. The van der Waals surface area contributed by atoms with E-state index in [0.717, 1.165) is 17.7 Å². The molecule has 1 aromatic rings. The van der Waals surface area contributed by atoms with Gasteiger partial charge in [0.1, 0.15) is 0 Å². The second-order valence-electron chi connectivity index (χ2n) is 4.97. The van der Waals surface area contributed by atoms with Crippen LogP contribution < -0.4 is 10.6 Å². The van der Waals surface area contributed by atoms with Crippen molar-refractivity contribution in [2.45, 2.75) is 33.2 Å². The average Bonchev–Trinajstić information content (AvgIpc) is 2.26. The van der Waals surface area contributed by atoms with Crippen molar-refractivity contribution in [1.29, 1.82) is 0 Å². The van der Waals surface area contributed by atoms with E-state index in [1.54, 1.807) is 11.9 Å². The van der Waals surface area contributed by atoms with Crippen LogP contribution in [0.4, 0.5) is 5.69 Å². The van der Waals surface area contributed by atoms with Gasteiger partial charge in [0.05, 0.1) is 6.04 Å². The average molecular weight is 234 g/mol. The number of benzene rings is 1. The largest absolute Gasteiger partial charge is 0.320 e. The van der Waals surface area contributed by atoms with Crippen molar-refractivity contribution < 1.29 is 4.79 Å². The van der Waals surface area contributed by atoms with E-state index in [-0.39, 0.29) is 5.91 Å². The first-order chi connectivity index (χ1) is 7.91. The molecule has 0 saturated heterocycles. The van der Waals surface area contributed by atoms with Crippen molar-refractivity contribution in [3.63, 3.8) is 0 Å². The third kappa shape index (κ3) is 3.86. The topological polar surface area (TPSA) is 46.3 Å². The number of carbonyl (C=O) groups excluding carboxylic acids is 1. The summed E-state index contributed by atoms with van der Waals surface area (Å²) in [6.45, 7) is 6.15. The molecule has 0 unspecified atom stereocenters. The van der Waals surface area contributed by atoms with Gasteiger partial charge in [-0.15, -0.1) is 0 Å². The lowest BCUT2D eigenvalue weighted by Gasteiger charge is -2.22. The number of likely N-dealkylation sites (N-methyl/N-ethyl adjacent to an activating group) is 1. The third-order valence-electron chi connectivity index (χ3n) is 2.76. The van der Waals surface area contributed by atoms with Crippen LogP contribution in [0.25, 0.3) is 0 Å². The number of rotatable bonds is 4. The second kappa shape index (κ2) is 5.82. The Morgan fingerprint density at radius 3 is 2.59 bits per heavy atom. The molecule has 17 heavy (non-hydrogen) atoms. The lowest BCUT2D eigenvalue weighted by Crippen LogP contribution is -2.42. The number of carbonyl (C=O) groups is 1. The molecule has 0 aromatic heterocycles. The molecule has 94 valence electrons. The normalized spacial score (nSPS) is 12.6. The van der Waals surface area contributed by atoms with Crippen molar-refractivity contribution in [1.82, 2.24) is 0 Å². The molecule has 0 saturated carbocycles. The van der Waals surface area contributed by atoms with E-state index in [4.69, 9.17) is 5.73 Å². The maximum Gasteiger partial charge on any atom is 0.243 e. The van der Waals surface area contributed by atoms with Crippen molar-refractivity contribution in [3.05, 3.63) is 29.8 Å². The Hall–Kier alpha value is -1.35. The molecule has 0 heterocycles. The van der Waals surface area contributed by atoms with Crippen LogP contribution >= 0.6 is 0 Å². The van der Waals surface area contributed by atoms with Crippen LogP contribution in [0.5, 0.6) is 0 Å². The molecule has 0 fully saturated rings. The van der Waals surface area contributed by atoms with Gasteiger partial charge < -0.3 is 10.6 Å². The molecule has 1 rings (SSSR count). The predicted molar refractivity (Wildman–Crippen MR) is 72.0 cm³/mol. The Morgan fingerprint density at radius 2 is 2.06 bits per heavy atom. The smallest absolute Gasteiger partial charge is 0.243 e. The highest BCUT2D eigenvalue weighted by Crippen LogP contribution is 2.16. The summed E-state index contributed by atoms with van der Waals surface area (Å²) in [4.78, 5) is 13.7. The molecule has 2 N–H and O–H groups in total. The highest BCUT2D eigenvalue weighted by atomic mass is 16.2. The summed E-state index contributed by atoms with van der Waals surface area (Å²) in [5.74, 6) is 0.407. The number of anilines is 1. The summed E-state index contributed by atoms with van der Waals surface area (Å²) in [5, 5.41) is 0. The highest BCUT2D eigenvalue weighted by Gasteiger charge is 2.19. The van der Waals surface area contributed by atoms with Crippen molar-refractivity contribution in [2.75, 3.05) is 11.9 Å². The van der Waals surface area contributed by atoms with E-state index in [2.05, 4.69) is 13.8 Å². The quantitative estimate of drug-likeness (QED) is 0.869. The molecule has 0 bridgehead atoms. The lowest BCUT2D eigenvalue weighted by atomic mass is 10.0. The molecular weight excluding hydrogens is 212 g/mol. The van der Waals surface area contributed by atoms with Crippen LogP contribution in [0, 0.1) is 12.8 Å². The van der Waals surface area contributed by atoms with Gasteiger partial charge in [-0.25, -0.2) is 0 Å². The molecule has 3 heteroatoms. The summed E-state index contributed by atoms with van der Waals surface area (Å²) in [7, 11) is 1.78. The summed E-state index contributed by atoms with van der Waals surface area (Å²) in [6, 6.07) is 7.45. The number of hydrogen-bond donors (Lipinski definition) is 1. The maximum atomic E-state index is 12.1. The number of nitrogens with two attached hydrogens (primary N) is 1. The fourth-order valence-electron chi connectivity index (χ4n) is 1.82. The SMILES string of the molecule is Cc1cccc(N(C)C(=O)[C@@H](N)CC(C)C)c1. The van der Waals surface area contributed by atoms with Crippen LogP contribution in [0.1, 0.15) is 25.8 Å². The number of aryl methyl sites for hydroxylation is 1. The zero-order valence-electron chi connectivity index (χ0n) is 11.1. The number of amides is 1. The Morgan fingerprint density at radius 1 is 1.41 bits per heavy atom. The molecule has 0 aliphatic heterocycles. The minimum absolute atomic E-state index is 0.0238. The molecule has 1 atom stereocenters. The zero-order chi connectivity index (χ0) is 13.0. The van der Waals surface area contributed by atoms with Gasteiger partial charge in [-0.2, -0.15) is 0 Å². The molecule has 0 radical (unpaired) electrons. The second-order valence-corrected chi connectivity index (χ2v) is 4.97. The fraction of sp³-hybridized carbons (Fsp3) is 0.500. The van der Waals surface area contributed by atoms with Gasteiger partial charge in [-0.05, 0) is 37.0 Å². The molecule has 1 amide bonds. The first kappa shape index (κ1) is 13.7. The summed E-state index contributed by atoms with van der Waals surface area (Å²) in [6.07, 6.45) is 0.717. The summed E-state index contributed by atoms with van der Waals surface area (Å²) in [5.41, 5.74) is 7.94. The van der Waals surface area contributed by atoms with Crippen LogP contribution in [-0.2, 0) is 4.79 Å². The Labute approximate surface area is 104 Å². The van der Waals surface area contributed by atoms with Crippen molar-refractivity contribution >= 4 is 11.6 Å². The van der Waals surface area contributed by atoms with Gasteiger partial charge in [-0.3, -0.25) is 4.79 Å². The first-order valence-corrected chi connectivity index (χ1v) is 6.01. The van der Waals surface area contributed by atoms with E-state index >= 15 is 0 Å². The van der Waals surface area contributed by atoms with E-state index in [1.165, 1.54) is 0 Å². The summed E-state index contributed by atoms with van der Waals surface area (Å²) >= 11 is 0. The van der Waals surface area contributed by atoms with Crippen molar-refractivity contribution in [3.8, 4) is 0 Å². The Kier molecular flexibility index (Phi) is 4.70. The van der Waals surface area contributed by atoms with Gasteiger partial charge in [0.25, 0.3) is 0 Å². The number of hydrogen-bond acceptors (Lipinski definition) is 2. The van der Waals surface area contributed by atoms with Crippen LogP contribution in [0.15, 0.2) is 24.3 Å². The maximum absolute atomic E-state index is 12.1. The predicted octanol–water partition coefficient (Wildman–Crippen LogP) is 2.33. The minimum Gasteiger partial charge on any atom is -0.320 e.